The molecule has 0 aliphatic carbocycles. The van der Waals surface area contributed by atoms with Gasteiger partial charge in [0.1, 0.15) is 36.5 Å². The third-order valence-electron chi connectivity index (χ3n) is 6.41. The van der Waals surface area contributed by atoms with Gasteiger partial charge in [0.25, 0.3) is 11.5 Å². The van der Waals surface area contributed by atoms with Crippen LogP contribution in [0.1, 0.15) is 15.9 Å². The number of benzene rings is 3. The van der Waals surface area contributed by atoms with Gasteiger partial charge in [-0.3, -0.25) is 9.59 Å². The largest absolute Gasteiger partial charge is 0.486 e. The predicted octanol–water partition coefficient (Wildman–Crippen LogP) is 3.68. The van der Waals surface area contributed by atoms with E-state index in [2.05, 4.69) is 5.32 Å². The average molecular weight is 520 g/mol. The van der Waals surface area contributed by atoms with Crippen LogP contribution in [0.5, 0.6) is 11.5 Å². The second kappa shape index (κ2) is 9.97. The number of carbonyl (C=O) groups excluding carboxylic acids is 1. The number of hydrogen-bond donors (Lipinski definition) is 2. The number of ether oxygens (including phenoxy) is 2. The van der Waals surface area contributed by atoms with E-state index in [1.165, 1.54) is 4.57 Å². The first-order chi connectivity index (χ1) is 18.3. The van der Waals surface area contributed by atoms with Crippen LogP contribution in [-0.2, 0) is 18.3 Å². The highest BCUT2D eigenvalue weighted by molar-refractivity contribution is 5.97. The van der Waals surface area contributed by atoms with Crippen molar-refractivity contribution in [2.24, 2.45) is 7.05 Å². The molecule has 38 heavy (non-hydrogen) atoms. The number of carbonyl (C=O) groups is 2. The topological polar surface area (TPSA) is 107 Å². The maximum absolute atomic E-state index is 14.1. The summed E-state index contributed by atoms with van der Waals surface area (Å²) in [6, 6.07) is 13.8. The van der Waals surface area contributed by atoms with Crippen molar-refractivity contribution < 1.29 is 33.0 Å². The number of nitrogens with one attached hydrogen (secondary N) is 1. The summed E-state index contributed by atoms with van der Waals surface area (Å²) in [5, 5.41) is 12.8. The van der Waals surface area contributed by atoms with Gasteiger partial charge < -0.3 is 24.5 Å². The number of aliphatic carboxylic acids is 1. The summed E-state index contributed by atoms with van der Waals surface area (Å²) in [5.74, 6) is -4.31. The van der Waals surface area contributed by atoms with Crippen LogP contribution in [0.2, 0.25) is 0 Å². The van der Waals surface area contributed by atoms with Gasteiger partial charge in [-0.15, -0.1) is 0 Å². The normalized spacial score (nSPS) is 13.2. The van der Waals surface area contributed by atoms with Gasteiger partial charge in [-0.05, 0) is 35.7 Å². The molecule has 0 bridgehead atoms. The summed E-state index contributed by atoms with van der Waals surface area (Å²) >= 11 is 0. The number of pyridine rings is 1. The number of aromatic nitrogens is 1. The number of hydrogen-bond acceptors (Lipinski definition) is 5. The summed E-state index contributed by atoms with van der Waals surface area (Å²) in [5.41, 5.74) is 0.855. The molecule has 0 saturated carbocycles. The minimum Gasteiger partial charge on any atom is -0.486 e. The number of halogens is 2. The standard InChI is InChI=1S/C28H22F2N2O6/c1-32-22-8-3-2-5-15(22)13-18(27(32)34)17-10-9-16(24-25(17)38-12-11-37-24)14-21(28(35)36)31-26(33)23-19(29)6-4-7-20(23)30/h2-10,13,21H,11-12,14H2,1H3,(H,31,33)(H,35,36)/t21-/m0/s1. The summed E-state index contributed by atoms with van der Waals surface area (Å²) in [6.07, 6.45) is -0.265. The zero-order chi connectivity index (χ0) is 27.0. The van der Waals surface area contributed by atoms with Gasteiger partial charge in [0.15, 0.2) is 11.5 Å². The quantitative estimate of drug-likeness (QED) is 0.402. The maximum atomic E-state index is 14.1. The van der Waals surface area contributed by atoms with E-state index in [9.17, 15) is 28.3 Å². The molecule has 1 amide bonds. The second-order valence-corrected chi connectivity index (χ2v) is 8.77. The van der Waals surface area contributed by atoms with Crippen LogP contribution < -0.4 is 20.3 Å². The molecule has 10 heteroatoms. The fourth-order valence-corrected chi connectivity index (χ4v) is 4.55. The Labute approximate surface area is 215 Å². The third kappa shape index (κ3) is 4.45. The number of aryl methyl sites for hydroxylation is 1. The van der Waals surface area contributed by atoms with Gasteiger partial charge in [0.05, 0.1) is 11.1 Å². The molecule has 1 aliphatic rings. The zero-order valence-electron chi connectivity index (χ0n) is 20.2. The molecule has 1 aliphatic heterocycles. The van der Waals surface area contributed by atoms with E-state index in [0.29, 0.717) is 16.7 Å². The Morgan fingerprint density at radius 3 is 2.37 bits per heavy atom. The number of fused-ring (bicyclic) bond motifs is 2. The van der Waals surface area contributed by atoms with Crippen LogP contribution >= 0.6 is 0 Å². The van der Waals surface area contributed by atoms with Crippen LogP contribution in [-0.4, -0.2) is 40.8 Å². The number of nitrogens with zero attached hydrogens (tertiary/aromatic N) is 1. The molecule has 5 rings (SSSR count). The molecule has 0 saturated heterocycles. The molecule has 1 atom stereocenters. The number of rotatable bonds is 6. The van der Waals surface area contributed by atoms with Crippen LogP contribution in [0.3, 0.4) is 0 Å². The van der Waals surface area contributed by atoms with Crippen molar-refractivity contribution in [3.63, 3.8) is 0 Å². The van der Waals surface area contributed by atoms with Crippen molar-refractivity contribution in [2.75, 3.05) is 13.2 Å². The van der Waals surface area contributed by atoms with Crippen molar-refractivity contribution in [3.8, 4) is 22.6 Å². The SMILES string of the molecule is Cn1c(=O)c(-c2ccc(C[C@H](NC(=O)c3c(F)cccc3F)C(=O)O)c3c2OCCO3)cc2ccccc21. The fraction of sp³-hybridized carbons (Fsp3) is 0.179. The maximum Gasteiger partial charge on any atom is 0.326 e. The Morgan fingerprint density at radius 1 is 0.974 bits per heavy atom. The summed E-state index contributed by atoms with van der Waals surface area (Å²) in [4.78, 5) is 37.7. The van der Waals surface area contributed by atoms with Crippen LogP contribution in [0.15, 0.2) is 65.5 Å². The lowest BCUT2D eigenvalue weighted by atomic mass is 9.97. The highest BCUT2D eigenvalue weighted by atomic mass is 19.1. The molecule has 0 unspecified atom stereocenters. The first-order valence-electron chi connectivity index (χ1n) is 11.7. The molecule has 2 N–H and O–H groups in total. The molecular weight excluding hydrogens is 498 g/mol. The predicted molar refractivity (Wildman–Crippen MR) is 135 cm³/mol. The molecule has 3 aromatic carbocycles. The third-order valence-corrected chi connectivity index (χ3v) is 6.41. The van der Waals surface area contributed by atoms with Crippen molar-refractivity contribution in [2.45, 2.75) is 12.5 Å². The Balaban J connectivity index is 1.53. The van der Waals surface area contributed by atoms with Crippen LogP contribution in [0.25, 0.3) is 22.0 Å². The zero-order valence-corrected chi connectivity index (χ0v) is 20.2. The van der Waals surface area contributed by atoms with Gasteiger partial charge in [-0.1, -0.05) is 30.3 Å². The van der Waals surface area contributed by atoms with E-state index in [4.69, 9.17) is 9.47 Å². The van der Waals surface area contributed by atoms with Crippen molar-refractivity contribution >= 4 is 22.8 Å². The average Bonchev–Trinajstić information content (AvgIpc) is 2.90. The number of amides is 1. The number of carboxylic acid groups (broad SMARTS) is 1. The molecule has 8 nitrogen and oxygen atoms in total. The fourth-order valence-electron chi connectivity index (χ4n) is 4.55. The van der Waals surface area contributed by atoms with Gasteiger partial charge in [0.2, 0.25) is 0 Å². The molecular formula is C28H22F2N2O6. The monoisotopic (exact) mass is 520 g/mol. The minimum atomic E-state index is -1.53. The minimum absolute atomic E-state index is 0.184. The van der Waals surface area contributed by atoms with E-state index in [0.717, 1.165) is 29.1 Å². The molecule has 0 spiro atoms. The van der Waals surface area contributed by atoms with Crippen molar-refractivity contribution in [1.82, 2.24) is 9.88 Å². The molecule has 0 fully saturated rings. The van der Waals surface area contributed by atoms with E-state index in [-0.39, 0.29) is 36.7 Å². The highest BCUT2D eigenvalue weighted by Crippen LogP contribution is 2.42. The van der Waals surface area contributed by atoms with Crippen LogP contribution in [0.4, 0.5) is 8.78 Å². The van der Waals surface area contributed by atoms with E-state index in [1.807, 2.05) is 24.3 Å². The number of para-hydroxylation sites is 1. The lowest BCUT2D eigenvalue weighted by molar-refractivity contribution is -0.139. The summed E-state index contributed by atoms with van der Waals surface area (Å²) in [7, 11) is 1.67. The first-order valence-corrected chi connectivity index (χ1v) is 11.7. The Hall–Kier alpha value is -4.73. The van der Waals surface area contributed by atoms with E-state index >= 15 is 0 Å². The smallest absolute Gasteiger partial charge is 0.326 e. The Kier molecular flexibility index (Phi) is 6.54. The Bertz CT molecular complexity index is 1630. The second-order valence-electron chi connectivity index (χ2n) is 8.77. The van der Waals surface area contributed by atoms with Crippen molar-refractivity contribution in [1.29, 1.82) is 0 Å². The van der Waals surface area contributed by atoms with E-state index in [1.54, 1.807) is 25.2 Å². The lowest BCUT2D eigenvalue weighted by Gasteiger charge is -2.25. The van der Waals surface area contributed by atoms with Gasteiger partial charge >= 0.3 is 5.97 Å². The van der Waals surface area contributed by atoms with Gasteiger partial charge in [-0.2, -0.15) is 0 Å². The van der Waals surface area contributed by atoms with Gasteiger partial charge in [-0.25, -0.2) is 13.6 Å². The first kappa shape index (κ1) is 24.9. The molecule has 0 radical (unpaired) electrons. The summed E-state index contributed by atoms with van der Waals surface area (Å²) < 4.78 is 41.3. The number of carboxylic acids is 1. The van der Waals surface area contributed by atoms with E-state index < -0.39 is 35.1 Å². The molecule has 4 aromatic rings. The Morgan fingerprint density at radius 2 is 1.66 bits per heavy atom. The van der Waals surface area contributed by atoms with Crippen LogP contribution in [0, 0.1) is 11.6 Å². The molecule has 2 heterocycles. The van der Waals surface area contributed by atoms with Gasteiger partial charge in [0, 0.05) is 24.6 Å². The highest BCUT2D eigenvalue weighted by Gasteiger charge is 2.29. The lowest BCUT2D eigenvalue weighted by Crippen LogP contribution is -2.43. The van der Waals surface area contributed by atoms with Crippen molar-refractivity contribution in [3.05, 3.63) is 93.8 Å². The summed E-state index contributed by atoms with van der Waals surface area (Å²) in [6.45, 7) is 0.396. The molecule has 194 valence electrons. The molecule has 1 aromatic heterocycles.